The fraction of sp³-hybridized carbons (Fsp3) is 0.357. The van der Waals surface area contributed by atoms with Crippen LogP contribution in [-0.2, 0) is 6.54 Å². The lowest BCUT2D eigenvalue weighted by molar-refractivity contribution is 0.476. The quantitative estimate of drug-likeness (QED) is 0.911. The van der Waals surface area contributed by atoms with Gasteiger partial charge in [0, 0.05) is 17.1 Å². The SMILES string of the molecule is CNCc1ccc(Oc2cnn(C(C)C)c2)cc1Br. The number of ether oxygens (including phenoxy) is 1. The van der Waals surface area contributed by atoms with Crippen LogP contribution in [0.2, 0.25) is 0 Å². The maximum atomic E-state index is 5.79. The van der Waals surface area contributed by atoms with Gasteiger partial charge >= 0.3 is 0 Å². The van der Waals surface area contributed by atoms with E-state index in [1.54, 1.807) is 6.20 Å². The van der Waals surface area contributed by atoms with Crippen molar-refractivity contribution < 1.29 is 4.74 Å². The molecular weight excluding hydrogens is 306 g/mol. The highest BCUT2D eigenvalue weighted by atomic mass is 79.9. The van der Waals surface area contributed by atoms with Crippen molar-refractivity contribution in [2.75, 3.05) is 7.05 Å². The van der Waals surface area contributed by atoms with E-state index in [9.17, 15) is 0 Å². The first kappa shape index (κ1) is 14.1. The minimum Gasteiger partial charge on any atom is -0.454 e. The third-order valence-electron chi connectivity index (χ3n) is 2.73. The maximum Gasteiger partial charge on any atom is 0.165 e. The molecule has 2 aromatic rings. The van der Waals surface area contributed by atoms with E-state index in [0.29, 0.717) is 6.04 Å². The topological polar surface area (TPSA) is 39.1 Å². The van der Waals surface area contributed by atoms with Crippen molar-refractivity contribution in [1.29, 1.82) is 0 Å². The van der Waals surface area contributed by atoms with Crippen LogP contribution in [0.1, 0.15) is 25.5 Å². The van der Waals surface area contributed by atoms with E-state index < -0.39 is 0 Å². The molecule has 0 radical (unpaired) electrons. The number of hydrogen-bond donors (Lipinski definition) is 1. The summed E-state index contributed by atoms with van der Waals surface area (Å²) in [6, 6.07) is 6.31. The fourth-order valence-electron chi connectivity index (χ4n) is 1.72. The van der Waals surface area contributed by atoms with Gasteiger partial charge in [0.05, 0.1) is 12.4 Å². The zero-order valence-corrected chi connectivity index (χ0v) is 12.9. The molecule has 1 aromatic carbocycles. The number of aromatic nitrogens is 2. The Balaban J connectivity index is 2.12. The Morgan fingerprint density at radius 3 is 2.74 bits per heavy atom. The van der Waals surface area contributed by atoms with E-state index >= 15 is 0 Å². The fourth-order valence-corrected chi connectivity index (χ4v) is 2.22. The molecule has 0 atom stereocenters. The highest BCUT2D eigenvalue weighted by Crippen LogP contribution is 2.27. The van der Waals surface area contributed by atoms with Crippen LogP contribution in [0.4, 0.5) is 0 Å². The second-order valence-electron chi connectivity index (χ2n) is 4.64. The van der Waals surface area contributed by atoms with Gasteiger partial charge in [0.25, 0.3) is 0 Å². The molecule has 0 fully saturated rings. The molecule has 5 heteroatoms. The average Bonchev–Trinajstić information content (AvgIpc) is 2.81. The van der Waals surface area contributed by atoms with Crippen LogP contribution in [0, 0.1) is 0 Å². The van der Waals surface area contributed by atoms with Gasteiger partial charge in [0.15, 0.2) is 5.75 Å². The number of halogens is 1. The highest BCUT2D eigenvalue weighted by molar-refractivity contribution is 9.10. The molecule has 1 N–H and O–H groups in total. The molecular formula is C14H18BrN3O. The Bertz CT molecular complexity index is 551. The molecule has 0 amide bonds. The minimum atomic E-state index is 0.335. The molecule has 0 saturated carbocycles. The minimum absolute atomic E-state index is 0.335. The largest absolute Gasteiger partial charge is 0.454 e. The lowest BCUT2D eigenvalue weighted by Gasteiger charge is -2.07. The molecule has 0 bridgehead atoms. The first-order valence-corrected chi connectivity index (χ1v) is 7.04. The lowest BCUT2D eigenvalue weighted by Crippen LogP contribution is -2.05. The predicted molar refractivity (Wildman–Crippen MR) is 79.6 cm³/mol. The molecule has 0 unspecified atom stereocenters. The monoisotopic (exact) mass is 323 g/mol. The summed E-state index contributed by atoms with van der Waals surface area (Å²) in [7, 11) is 1.93. The molecule has 0 aliphatic rings. The van der Waals surface area contributed by atoms with Crippen LogP contribution in [0.25, 0.3) is 0 Å². The third-order valence-corrected chi connectivity index (χ3v) is 3.47. The summed E-state index contributed by atoms with van der Waals surface area (Å²) in [4.78, 5) is 0. The zero-order chi connectivity index (χ0) is 13.8. The molecule has 1 heterocycles. The molecule has 1 aromatic heterocycles. The Morgan fingerprint density at radius 2 is 2.16 bits per heavy atom. The van der Waals surface area contributed by atoms with Crippen LogP contribution >= 0.6 is 15.9 Å². The summed E-state index contributed by atoms with van der Waals surface area (Å²) < 4.78 is 8.70. The van der Waals surface area contributed by atoms with E-state index in [1.807, 2.05) is 36.1 Å². The summed E-state index contributed by atoms with van der Waals surface area (Å²) in [5, 5.41) is 7.38. The van der Waals surface area contributed by atoms with E-state index in [0.717, 1.165) is 22.5 Å². The highest BCUT2D eigenvalue weighted by Gasteiger charge is 2.06. The van der Waals surface area contributed by atoms with Gasteiger partial charge in [-0.1, -0.05) is 22.0 Å². The number of hydrogen-bond acceptors (Lipinski definition) is 3. The summed E-state index contributed by atoms with van der Waals surface area (Å²) in [6.45, 7) is 4.99. The molecule has 2 rings (SSSR count). The standard InChI is InChI=1S/C14H18BrN3O/c1-10(2)18-9-13(8-17-18)19-12-5-4-11(7-16-3)14(15)6-12/h4-6,8-10,16H,7H2,1-3H3. The van der Waals surface area contributed by atoms with Crippen molar-refractivity contribution >= 4 is 15.9 Å². The van der Waals surface area contributed by atoms with E-state index in [-0.39, 0.29) is 0 Å². The molecule has 0 aliphatic carbocycles. The van der Waals surface area contributed by atoms with Crippen LogP contribution < -0.4 is 10.1 Å². The second kappa shape index (κ2) is 6.21. The number of nitrogens with one attached hydrogen (secondary N) is 1. The second-order valence-corrected chi connectivity index (χ2v) is 5.49. The van der Waals surface area contributed by atoms with Crippen molar-refractivity contribution in [3.8, 4) is 11.5 Å². The third kappa shape index (κ3) is 3.58. The first-order valence-electron chi connectivity index (χ1n) is 6.25. The van der Waals surface area contributed by atoms with Gasteiger partial charge < -0.3 is 10.1 Å². The molecule has 4 nitrogen and oxygen atoms in total. The van der Waals surface area contributed by atoms with Crippen LogP contribution in [0.3, 0.4) is 0 Å². The van der Waals surface area contributed by atoms with E-state index in [2.05, 4.69) is 40.2 Å². The summed E-state index contributed by atoms with van der Waals surface area (Å²) in [5.41, 5.74) is 1.20. The number of rotatable bonds is 5. The smallest absolute Gasteiger partial charge is 0.165 e. The van der Waals surface area contributed by atoms with Crippen molar-refractivity contribution in [3.63, 3.8) is 0 Å². The first-order chi connectivity index (χ1) is 9.10. The van der Waals surface area contributed by atoms with E-state index in [1.165, 1.54) is 5.56 Å². The van der Waals surface area contributed by atoms with Gasteiger partial charge in [-0.15, -0.1) is 0 Å². The van der Waals surface area contributed by atoms with Gasteiger partial charge in [0.1, 0.15) is 5.75 Å². The van der Waals surface area contributed by atoms with Crippen molar-refractivity contribution in [2.24, 2.45) is 0 Å². The zero-order valence-electron chi connectivity index (χ0n) is 11.4. The molecule has 102 valence electrons. The normalized spacial score (nSPS) is 11.0. The Morgan fingerprint density at radius 1 is 1.37 bits per heavy atom. The van der Waals surface area contributed by atoms with E-state index in [4.69, 9.17) is 4.74 Å². The molecule has 0 spiro atoms. The van der Waals surface area contributed by atoms with Crippen LogP contribution in [0.15, 0.2) is 35.1 Å². The average molecular weight is 324 g/mol. The summed E-state index contributed by atoms with van der Waals surface area (Å²) in [5.74, 6) is 1.55. The molecule has 0 aliphatic heterocycles. The van der Waals surface area contributed by atoms with Crippen LogP contribution in [0.5, 0.6) is 11.5 Å². The summed E-state index contributed by atoms with van der Waals surface area (Å²) in [6.07, 6.45) is 3.63. The van der Waals surface area contributed by atoms with Gasteiger partial charge in [-0.2, -0.15) is 5.10 Å². The Hall–Kier alpha value is -1.33. The molecule has 19 heavy (non-hydrogen) atoms. The van der Waals surface area contributed by atoms with Gasteiger partial charge in [-0.25, -0.2) is 0 Å². The predicted octanol–water partition coefficient (Wildman–Crippen LogP) is 3.74. The summed E-state index contributed by atoms with van der Waals surface area (Å²) >= 11 is 3.55. The molecule has 0 saturated heterocycles. The van der Waals surface area contributed by atoms with Crippen LogP contribution in [-0.4, -0.2) is 16.8 Å². The Kier molecular flexibility index (Phi) is 4.61. The Labute approximate surface area is 121 Å². The van der Waals surface area contributed by atoms with Gasteiger partial charge in [0.2, 0.25) is 0 Å². The van der Waals surface area contributed by atoms with Gasteiger partial charge in [-0.3, -0.25) is 4.68 Å². The lowest BCUT2D eigenvalue weighted by atomic mass is 10.2. The number of nitrogens with zero attached hydrogens (tertiary/aromatic N) is 2. The van der Waals surface area contributed by atoms with Crippen molar-refractivity contribution in [1.82, 2.24) is 15.1 Å². The van der Waals surface area contributed by atoms with Gasteiger partial charge in [-0.05, 0) is 38.6 Å². The maximum absolute atomic E-state index is 5.79. The van der Waals surface area contributed by atoms with Crippen molar-refractivity contribution in [2.45, 2.75) is 26.4 Å². The number of benzene rings is 1. The van der Waals surface area contributed by atoms with Crippen molar-refractivity contribution in [3.05, 3.63) is 40.6 Å².